The monoisotopic (exact) mass is 301 g/mol. The molecule has 3 N–H and O–H groups in total. The highest BCUT2D eigenvalue weighted by atomic mass is 35.5. The molecule has 5 nitrogen and oxygen atoms in total. The summed E-state index contributed by atoms with van der Waals surface area (Å²) < 4.78 is 5.32. The molecule has 106 valence electrons. The molecule has 0 saturated carbocycles. The summed E-state index contributed by atoms with van der Waals surface area (Å²) in [6, 6.07) is 10.3. The Morgan fingerprint density at radius 2 is 2.14 bits per heavy atom. The zero-order chi connectivity index (χ0) is 14.8. The molecule has 1 amide bonds. The molecule has 3 aromatic rings. The van der Waals surface area contributed by atoms with Gasteiger partial charge < -0.3 is 15.5 Å². The smallest absolute Gasteiger partial charge is 0.291 e. The van der Waals surface area contributed by atoms with Crippen LogP contribution in [-0.2, 0) is 6.54 Å². The number of rotatable bonds is 3. The number of pyridine rings is 1. The zero-order valence-corrected chi connectivity index (χ0v) is 11.7. The van der Waals surface area contributed by atoms with Crippen LogP contribution in [0.25, 0.3) is 10.9 Å². The molecule has 21 heavy (non-hydrogen) atoms. The first-order chi connectivity index (χ1) is 10.2. The van der Waals surface area contributed by atoms with Crippen LogP contribution in [0.2, 0.25) is 5.02 Å². The van der Waals surface area contributed by atoms with Crippen LogP contribution in [0.1, 0.15) is 16.3 Å². The number of halogens is 1. The lowest BCUT2D eigenvalue weighted by Gasteiger charge is -2.07. The van der Waals surface area contributed by atoms with Gasteiger partial charge in [-0.25, -0.2) is 0 Å². The van der Waals surface area contributed by atoms with E-state index in [0.29, 0.717) is 22.0 Å². The van der Waals surface area contributed by atoms with Gasteiger partial charge in [0.15, 0.2) is 5.76 Å². The molecule has 0 atom stereocenters. The summed E-state index contributed by atoms with van der Waals surface area (Å²) in [6.07, 6.45) is 1.65. The summed E-state index contributed by atoms with van der Waals surface area (Å²) in [6.45, 7) is 0.249. The fourth-order valence-corrected chi connectivity index (χ4v) is 2.25. The molecule has 0 fully saturated rings. The van der Waals surface area contributed by atoms with E-state index in [2.05, 4.69) is 10.3 Å². The largest absolute Gasteiger partial charge is 0.455 e. The number of hydrogen-bond donors (Lipinski definition) is 2. The van der Waals surface area contributed by atoms with Gasteiger partial charge >= 0.3 is 0 Å². The van der Waals surface area contributed by atoms with E-state index in [-0.39, 0.29) is 18.2 Å². The van der Waals surface area contributed by atoms with E-state index in [4.69, 9.17) is 21.8 Å². The lowest BCUT2D eigenvalue weighted by Crippen LogP contribution is -2.11. The maximum absolute atomic E-state index is 12.2. The molecule has 0 unspecified atom stereocenters. The average molecular weight is 302 g/mol. The van der Waals surface area contributed by atoms with Gasteiger partial charge in [0.2, 0.25) is 0 Å². The third-order valence-corrected chi connectivity index (χ3v) is 3.38. The first-order valence-corrected chi connectivity index (χ1v) is 6.70. The maximum atomic E-state index is 12.2. The second-order valence-corrected chi connectivity index (χ2v) is 4.83. The molecule has 6 heteroatoms. The molecule has 0 radical (unpaired) electrons. The molecule has 2 aromatic heterocycles. The summed E-state index contributed by atoms with van der Waals surface area (Å²) in [5.41, 5.74) is 6.66. The second-order valence-electron chi connectivity index (χ2n) is 4.42. The standard InChI is InChI=1S/C15H12ClN3O2/c16-11-4-5-12(14-10(11)2-1-7-18-14)19-15(20)13-6-3-9(8-17)21-13/h1-7H,8,17H2,(H,19,20). The van der Waals surface area contributed by atoms with Crippen LogP contribution in [0.15, 0.2) is 47.0 Å². The summed E-state index contributed by atoms with van der Waals surface area (Å²) in [5, 5.41) is 4.13. The van der Waals surface area contributed by atoms with Crippen LogP contribution in [0, 0.1) is 0 Å². The average Bonchev–Trinajstić information content (AvgIpc) is 2.99. The molecule has 0 spiro atoms. The van der Waals surface area contributed by atoms with E-state index in [1.165, 1.54) is 0 Å². The van der Waals surface area contributed by atoms with E-state index < -0.39 is 0 Å². The van der Waals surface area contributed by atoms with Gasteiger partial charge in [-0.05, 0) is 36.4 Å². The van der Waals surface area contributed by atoms with Crippen molar-refractivity contribution in [2.24, 2.45) is 5.73 Å². The summed E-state index contributed by atoms with van der Waals surface area (Å²) in [4.78, 5) is 16.4. The number of carbonyl (C=O) groups excluding carboxylic acids is 1. The Hall–Kier alpha value is -2.37. The van der Waals surface area contributed by atoms with Gasteiger partial charge in [0.25, 0.3) is 5.91 Å². The first kappa shape index (κ1) is 13.6. The van der Waals surface area contributed by atoms with Gasteiger partial charge in [0, 0.05) is 11.6 Å². The number of fused-ring (bicyclic) bond motifs is 1. The Balaban J connectivity index is 1.95. The molecule has 0 saturated heterocycles. The molecule has 1 aromatic carbocycles. The summed E-state index contributed by atoms with van der Waals surface area (Å²) >= 11 is 6.12. The lowest BCUT2D eigenvalue weighted by atomic mass is 10.2. The van der Waals surface area contributed by atoms with E-state index in [9.17, 15) is 4.79 Å². The minimum Gasteiger partial charge on any atom is -0.455 e. The van der Waals surface area contributed by atoms with Gasteiger partial charge in [-0.3, -0.25) is 9.78 Å². The van der Waals surface area contributed by atoms with Crippen LogP contribution < -0.4 is 11.1 Å². The number of hydrogen-bond acceptors (Lipinski definition) is 4. The Bertz CT molecular complexity index is 814. The van der Waals surface area contributed by atoms with Gasteiger partial charge in [0.05, 0.1) is 22.8 Å². The number of furan rings is 1. The highest BCUT2D eigenvalue weighted by molar-refractivity contribution is 6.36. The Morgan fingerprint density at radius 1 is 1.29 bits per heavy atom. The molecule has 0 aliphatic heterocycles. The molecule has 0 aliphatic rings. The van der Waals surface area contributed by atoms with Gasteiger partial charge in [-0.1, -0.05) is 11.6 Å². The van der Waals surface area contributed by atoms with Gasteiger partial charge in [0.1, 0.15) is 5.76 Å². The number of nitrogens with one attached hydrogen (secondary N) is 1. The van der Waals surface area contributed by atoms with Crippen LogP contribution in [-0.4, -0.2) is 10.9 Å². The number of nitrogens with zero attached hydrogens (tertiary/aromatic N) is 1. The van der Waals surface area contributed by atoms with Crippen molar-refractivity contribution in [3.63, 3.8) is 0 Å². The zero-order valence-electron chi connectivity index (χ0n) is 11.0. The molecule has 2 heterocycles. The maximum Gasteiger partial charge on any atom is 0.291 e. The minimum atomic E-state index is -0.357. The van der Waals surface area contributed by atoms with E-state index in [0.717, 1.165) is 5.39 Å². The fourth-order valence-electron chi connectivity index (χ4n) is 2.03. The predicted molar refractivity (Wildman–Crippen MR) is 81.3 cm³/mol. The minimum absolute atomic E-state index is 0.203. The number of nitrogens with two attached hydrogens (primary N) is 1. The van der Waals surface area contributed by atoms with Crippen molar-refractivity contribution in [3.8, 4) is 0 Å². The highest BCUT2D eigenvalue weighted by Gasteiger charge is 2.13. The number of amides is 1. The van der Waals surface area contributed by atoms with Crippen molar-refractivity contribution in [2.45, 2.75) is 6.54 Å². The van der Waals surface area contributed by atoms with Crippen molar-refractivity contribution >= 4 is 34.1 Å². The number of anilines is 1. The van der Waals surface area contributed by atoms with Crippen molar-refractivity contribution in [1.29, 1.82) is 0 Å². The fraction of sp³-hybridized carbons (Fsp3) is 0.0667. The topological polar surface area (TPSA) is 81.2 Å². The van der Waals surface area contributed by atoms with E-state index in [1.54, 1.807) is 36.5 Å². The quantitative estimate of drug-likeness (QED) is 0.778. The predicted octanol–water partition coefficient (Wildman–Crippen LogP) is 3.19. The van der Waals surface area contributed by atoms with Crippen molar-refractivity contribution in [1.82, 2.24) is 4.98 Å². The van der Waals surface area contributed by atoms with E-state index >= 15 is 0 Å². The third-order valence-electron chi connectivity index (χ3n) is 3.05. The second kappa shape index (κ2) is 5.55. The van der Waals surface area contributed by atoms with E-state index in [1.807, 2.05) is 6.07 Å². The van der Waals surface area contributed by atoms with Crippen LogP contribution in [0.3, 0.4) is 0 Å². The normalized spacial score (nSPS) is 10.8. The van der Waals surface area contributed by atoms with Crippen LogP contribution in [0.4, 0.5) is 5.69 Å². The first-order valence-electron chi connectivity index (χ1n) is 6.32. The van der Waals surface area contributed by atoms with Gasteiger partial charge in [-0.15, -0.1) is 0 Å². The van der Waals surface area contributed by atoms with Crippen LogP contribution >= 0.6 is 11.6 Å². The van der Waals surface area contributed by atoms with Gasteiger partial charge in [-0.2, -0.15) is 0 Å². The number of carbonyl (C=O) groups is 1. The van der Waals surface area contributed by atoms with Crippen molar-refractivity contribution in [3.05, 3.63) is 59.1 Å². The SMILES string of the molecule is NCc1ccc(C(=O)Nc2ccc(Cl)c3cccnc23)o1. The number of aromatic nitrogens is 1. The summed E-state index contributed by atoms with van der Waals surface area (Å²) in [5.74, 6) is 0.401. The molecule has 0 aliphatic carbocycles. The molecule has 0 bridgehead atoms. The molecular formula is C15H12ClN3O2. The van der Waals surface area contributed by atoms with Crippen molar-refractivity contribution < 1.29 is 9.21 Å². The Morgan fingerprint density at radius 3 is 2.90 bits per heavy atom. The van der Waals surface area contributed by atoms with Crippen molar-refractivity contribution in [2.75, 3.05) is 5.32 Å². The highest BCUT2D eigenvalue weighted by Crippen LogP contribution is 2.28. The Labute approximate surface area is 125 Å². The lowest BCUT2D eigenvalue weighted by molar-refractivity contribution is 0.0995. The Kier molecular flexibility index (Phi) is 3.60. The molecular weight excluding hydrogens is 290 g/mol. The van der Waals surface area contributed by atoms with Crippen LogP contribution in [0.5, 0.6) is 0 Å². The number of benzene rings is 1. The molecule has 3 rings (SSSR count). The third kappa shape index (κ3) is 2.61. The summed E-state index contributed by atoms with van der Waals surface area (Å²) in [7, 11) is 0.